The van der Waals surface area contributed by atoms with Crippen LogP contribution >= 0.6 is 0 Å². The van der Waals surface area contributed by atoms with Crippen LogP contribution in [0.15, 0.2) is 0 Å². The predicted octanol–water partition coefficient (Wildman–Crippen LogP) is 0.494. The van der Waals surface area contributed by atoms with Gasteiger partial charge in [-0.1, -0.05) is 20.8 Å². The van der Waals surface area contributed by atoms with Crippen molar-refractivity contribution >= 4 is 17.9 Å². The molecule has 2 N–H and O–H groups in total. The molecule has 1 aliphatic heterocycles. The number of likely N-dealkylation sites (tertiary alicyclic amines) is 1. The highest BCUT2D eigenvalue weighted by molar-refractivity contribution is 5.92. The third-order valence-corrected chi connectivity index (χ3v) is 3.65. The molecule has 7 heteroatoms. The Balaban J connectivity index is 2.94. The largest absolute Gasteiger partial charge is 0.453 e. The molecule has 0 saturated carbocycles. The van der Waals surface area contributed by atoms with Crippen LogP contribution in [0.1, 0.15) is 33.6 Å². The maximum Gasteiger partial charge on any atom is 0.407 e. The van der Waals surface area contributed by atoms with E-state index in [0.717, 1.165) is 6.42 Å². The first-order valence-corrected chi connectivity index (χ1v) is 7.09. The van der Waals surface area contributed by atoms with Crippen LogP contribution in [-0.4, -0.2) is 55.6 Å². The topological polar surface area (TPSA) is 87.7 Å². The van der Waals surface area contributed by atoms with E-state index in [1.54, 1.807) is 11.9 Å². The lowest BCUT2D eigenvalue weighted by Gasteiger charge is -2.34. The van der Waals surface area contributed by atoms with Gasteiger partial charge in [-0.3, -0.25) is 9.59 Å². The van der Waals surface area contributed by atoms with Crippen molar-refractivity contribution in [3.63, 3.8) is 0 Å². The van der Waals surface area contributed by atoms with Gasteiger partial charge in [-0.2, -0.15) is 0 Å². The number of amides is 3. The molecule has 7 nitrogen and oxygen atoms in total. The molecule has 0 spiro atoms. The lowest BCUT2D eigenvalue weighted by molar-refractivity contribution is -0.141. The van der Waals surface area contributed by atoms with E-state index >= 15 is 0 Å². The molecule has 3 amide bonds. The van der Waals surface area contributed by atoms with Gasteiger partial charge in [0.1, 0.15) is 12.1 Å². The summed E-state index contributed by atoms with van der Waals surface area (Å²) in [7, 11) is 2.81. The molecule has 0 aliphatic carbocycles. The van der Waals surface area contributed by atoms with Crippen LogP contribution in [0.5, 0.6) is 0 Å². The highest BCUT2D eigenvalue weighted by atomic mass is 16.5. The molecule has 2 unspecified atom stereocenters. The van der Waals surface area contributed by atoms with Crippen molar-refractivity contribution < 1.29 is 19.1 Å². The number of ether oxygens (including phenoxy) is 1. The van der Waals surface area contributed by atoms with E-state index in [2.05, 4.69) is 15.4 Å². The molecule has 1 fully saturated rings. The van der Waals surface area contributed by atoms with Crippen molar-refractivity contribution in [1.82, 2.24) is 15.5 Å². The molecule has 120 valence electrons. The van der Waals surface area contributed by atoms with Gasteiger partial charge in [-0.25, -0.2) is 4.79 Å². The fourth-order valence-electron chi connectivity index (χ4n) is 2.46. The molecule has 1 saturated heterocycles. The molecular weight excluding hydrogens is 274 g/mol. The van der Waals surface area contributed by atoms with Crippen LogP contribution in [0.25, 0.3) is 0 Å². The van der Waals surface area contributed by atoms with Gasteiger partial charge in [0.25, 0.3) is 0 Å². The standard InChI is InChI=1S/C14H25N3O4/c1-14(2,3)10(16-13(20)21-5)12(19)17-8-6-7-9(17)11(18)15-4/h9-10H,6-8H2,1-5H3,(H,15,18)(H,16,20). The van der Waals surface area contributed by atoms with Crippen LogP contribution in [-0.2, 0) is 14.3 Å². The number of hydrogen-bond acceptors (Lipinski definition) is 4. The van der Waals surface area contributed by atoms with E-state index < -0.39 is 23.6 Å². The van der Waals surface area contributed by atoms with Crippen molar-refractivity contribution in [3.05, 3.63) is 0 Å². The average Bonchev–Trinajstić information content (AvgIpc) is 2.90. The monoisotopic (exact) mass is 299 g/mol. The van der Waals surface area contributed by atoms with Gasteiger partial charge >= 0.3 is 6.09 Å². The molecule has 0 radical (unpaired) electrons. The maximum atomic E-state index is 12.8. The predicted molar refractivity (Wildman–Crippen MR) is 77.6 cm³/mol. The van der Waals surface area contributed by atoms with Gasteiger partial charge in [0, 0.05) is 13.6 Å². The molecule has 1 aliphatic rings. The van der Waals surface area contributed by atoms with E-state index in [9.17, 15) is 14.4 Å². The summed E-state index contributed by atoms with van der Waals surface area (Å²) >= 11 is 0. The second-order valence-corrected chi connectivity index (χ2v) is 6.24. The second-order valence-electron chi connectivity index (χ2n) is 6.24. The fourth-order valence-corrected chi connectivity index (χ4v) is 2.46. The highest BCUT2D eigenvalue weighted by Crippen LogP contribution is 2.25. The summed E-state index contributed by atoms with van der Waals surface area (Å²) in [5, 5.41) is 5.15. The van der Waals surface area contributed by atoms with E-state index in [1.807, 2.05) is 20.8 Å². The van der Waals surface area contributed by atoms with Gasteiger partial charge in [0.15, 0.2) is 0 Å². The normalized spacial score (nSPS) is 19.9. The fraction of sp³-hybridized carbons (Fsp3) is 0.786. The molecular formula is C14H25N3O4. The van der Waals surface area contributed by atoms with Crippen LogP contribution in [0.2, 0.25) is 0 Å². The first-order chi connectivity index (χ1) is 9.72. The van der Waals surface area contributed by atoms with Crippen LogP contribution in [0.3, 0.4) is 0 Å². The summed E-state index contributed by atoms with van der Waals surface area (Å²) in [5.41, 5.74) is -0.485. The van der Waals surface area contributed by atoms with Crippen LogP contribution in [0.4, 0.5) is 4.79 Å². The second kappa shape index (κ2) is 6.78. The van der Waals surface area contributed by atoms with Crippen LogP contribution in [0, 0.1) is 5.41 Å². The summed E-state index contributed by atoms with van der Waals surface area (Å²) < 4.78 is 4.58. The maximum absolute atomic E-state index is 12.8. The lowest BCUT2D eigenvalue weighted by atomic mass is 9.85. The molecule has 1 rings (SSSR count). The Kier molecular flexibility index (Phi) is 5.57. The number of carbonyl (C=O) groups is 3. The molecule has 1 heterocycles. The van der Waals surface area contributed by atoms with Gasteiger partial charge in [-0.15, -0.1) is 0 Å². The minimum absolute atomic E-state index is 0.174. The Morgan fingerprint density at radius 2 is 1.90 bits per heavy atom. The zero-order chi connectivity index (χ0) is 16.2. The van der Waals surface area contributed by atoms with Gasteiger partial charge in [-0.05, 0) is 18.3 Å². The van der Waals surface area contributed by atoms with Crippen molar-refractivity contribution in [3.8, 4) is 0 Å². The minimum atomic E-state index is -0.741. The molecule has 0 aromatic carbocycles. The third kappa shape index (κ3) is 4.09. The summed E-state index contributed by atoms with van der Waals surface area (Å²) in [6.45, 7) is 6.09. The zero-order valence-corrected chi connectivity index (χ0v) is 13.4. The van der Waals surface area contributed by atoms with Crippen molar-refractivity contribution in [2.75, 3.05) is 20.7 Å². The molecule has 0 aromatic heterocycles. The Morgan fingerprint density at radius 1 is 1.29 bits per heavy atom. The zero-order valence-electron chi connectivity index (χ0n) is 13.4. The Morgan fingerprint density at radius 3 is 2.38 bits per heavy atom. The molecule has 2 atom stereocenters. The summed E-state index contributed by atoms with van der Waals surface area (Å²) in [4.78, 5) is 37.6. The number of rotatable bonds is 3. The van der Waals surface area contributed by atoms with Crippen molar-refractivity contribution in [1.29, 1.82) is 0 Å². The van der Waals surface area contributed by atoms with E-state index in [4.69, 9.17) is 0 Å². The molecule has 21 heavy (non-hydrogen) atoms. The lowest BCUT2D eigenvalue weighted by Crippen LogP contribution is -2.57. The van der Waals surface area contributed by atoms with E-state index in [0.29, 0.717) is 13.0 Å². The van der Waals surface area contributed by atoms with E-state index in [1.165, 1.54) is 7.11 Å². The Bertz CT molecular complexity index is 417. The minimum Gasteiger partial charge on any atom is -0.453 e. The van der Waals surface area contributed by atoms with Crippen molar-refractivity contribution in [2.45, 2.75) is 45.7 Å². The number of nitrogens with zero attached hydrogens (tertiary/aromatic N) is 1. The average molecular weight is 299 g/mol. The number of methoxy groups -OCH3 is 1. The number of carbonyl (C=O) groups excluding carboxylic acids is 3. The number of likely N-dealkylation sites (N-methyl/N-ethyl adjacent to an activating group) is 1. The highest BCUT2D eigenvalue weighted by Gasteiger charge is 2.41. The molecule has 0 aromatic rings. The quantitative estimate of drug-likeness (QED) is 0.794. The first kappa shape index (κ1) is 17.3. The first-order valence-electron chi connectivity index (χ1n) is 7.09. The number of nitrogens with one attached hydrogen (secondary N) is 2. The Labute approximate surface area is 125 Å². The van der Waals surface area contributed by atoms with Gasteiger partial charge < -0.3 is 20.3 Å². The van der Waals surface area contributed by atoms with E-state index in [-0.39, 0.29) is 11.8 Å². The van der Waals surface area contributed by atoms with Gasteiger partial charge in [0.2, 0.25) is 11.8 Å². The SMILES string of the molecule is CNC(=O)C1CCCN1C(=O)C(NC(=O)OC)C(C)(C)C. The summed E-state index contributed by atoms with van der Waals surface area (Å²) in [6.07, 6.45) is 0.762. The number of hydrogen-bond donors (Lipinski definition) is 2. The third-order valence-electron chi connectivity index (χ3n) is 3.65. The molecule has 0 bridgehead atoms. The van der Waals surface area contributed by atoms with Gasteiger partial charge in [0.05, 0.1) is 7.11 Å². The Hall–Kier alpha value is -1.79. The number of alkyl carbamates (subject to hydrolysis) is 1. The smallest absolute Gasteiger partial charge is 0.407 e. The van der Waals surface area contributed by atoms with Crippen molar-refractivity contribution in [2.24, 2.45) is 5.41 Å². The summed E-state index contributed by atoms with van der Waals surface area (Å²) in [6, 6.07) is -1.21. The van der Waals surface area contributed by atoms with Crippen LogP contribution < -0.4 is 10.6 Å². The summed E-state index contributed by atoms with van der Waals surface area (Å²) in [5.74, 6) is -0.425.